The van der Waals surface area contributed by atoms with E-state index in [1.165, 1.54) is 6.07 Å². The molecule has 0 saturated heterocycles. The summed E-state index contributed by atoms with van der Waals surface area (Å²) in [6, 6.07) is 7.95. The van der Waals surface area contributed by atoms with Crippen LogP contribution in [0.15, 0.2) is 41.3 Å². The van der Waals surface area contributed by atoms with Crippen LogP contribution in [-0.4, -0.2) is 14.5 Å². The van der Waals surface area contributed by atoms with Gasteiger partial charge in [-0.3, -0.25) is 5.32 Å². The van der Waals surface area contributed by atoms with Gasteiger partial charge in [-0.15, -0.1) is 3.89 Å². The highest BCUT2D eigenvalue weighted by Gasteiger charge is 2.20. The van der Waals surface area contributed by atoms with Crippen LogP contribution in [0.25, 0.3) is 0 Å². The molecule has 0 aromatic heterocycles. The number of hydrogen-bond acceptors (Lipinski definition) is 4. The first-order valence-corrected chi connectivity index (χ1v) is 8.37. The predicted molar refractivity (Wildman–Crippen MR) is 85.9 cm³/mol. The molecular formula is C13H7Cl3FNO4S. The second-order valence-electron chi connectivity index (χ2n) is 4.15. The van der Waals surface area contributed by atoms with Crippen molar-refractivity contribution in [3.8, 4) is 5.75 Å². The molecule has 1 amide bonds. The van der Waals surface area contributed by atoms with E-state index in [0.29, 0.717) is 0 Å². The predicted octanol–water partition coefficient (Wildman–Crippen LogP) is 4.92. The molecule has 0 spiro atoms. The number of amides is 1. The molecule has 0 aliphatic rings. The van der Waals surface area contributed by atoms with Crippen molar-refractivity contribution >= 4 is 56.8 Å². The van der Waals surface area contributed by atoms with Gasteiger partial charge in [0.05, 0.1) is 20.8 Å². The third kappa shape index (κ3) is 4.48. The summed E-state index contributed by atoms with van der Waals surface area (Å²) in [5.41, 5.74) is 0.286. The lowest BCUT2D eigenvalue weighted by Gasteiger charge is -2.11. The van der Waals surface area contributed by atoms with Crippen LogP contribution in [0.2, 0.25) is 15.1 Å². The molecule has 2 rings (SSSR count). The van der Waals surface area contributed by atoms with E-state index < -0.39 is 21.2 Å². The minimum absolute atomic E-state index is 0.278. The minimum atomic E-state index is -4.99. The number of hydrogen-bond donors (Lipinski definition) is 1. The molecule has 5 nitrogen and oxygen atoms in total. The van der Waals surface area contributed by atoms with Crippen molar-refractivity contribution in [1.82, 2.24) is 0 Å². The van der Waals surface area contributed by atoms with Crippen molar-refractivity contribution in [2.75, 3.05) is 5.32 Å². The Bertz CT molecular complexity index is 850. The van der Waals surface area contributed by atoms with Gasteiger partial charge in [-0.1, -0.05) is 46.9 Å². The molecule has 0 fully saturated rings. The smallest absolute Gasteiger partial charge is 0.407 e. The van der Waals surface area contributed by atoms with Crippen LogP contribution in [0.1, 0.15) is 0 Å². The Morgan fingerprint density at radius 1 is 1.04 bits per heavy atom. The van der Waals surface area contributed by atoms with Gasteiger partial charge in [-0.25, -0.2) is 4.79 Å². The van der Waals surface area contributed by atoms with Crippen LogP contribution in [-0.2, 0) is 10.2 Å². The quantitative estimate of drug-likeness (QED) is 0.745. The third-order valence-corrected chi connectivity index (χ3v) is 4.25. The van der Waals surface area contributed by atoms with Gasteiger partial charge in [0.2, 0.25) is 0 Å². The molecule has 0 bridgehead atoms. The SMILES string of the molecule is O=C(Nc1ccccc1Cl)Oc1c(Cl)cc(S(=O)(=O)F)cc1Cl. The summed E-state index contributed by atoms with van der Waals surface area (Å²) in [5.74, 6) is -0.315. The lowest BCUT2D eigenvalue weighted by Crippen LogP contribution is -2.17. The van der Waals surface area contributed by atoms with Gasteiger partial charge in [0, 0.05) is 0 Å². The number of carbonyl (C=O) groups is 1. The van der Waals surface area contributed by atoms with Gasteiger partial charge in [-0.05, 0) is 24.3 Å². The number of ether oxygens (including phenoxy) is 1. The first kappa shape index (κ1) is 17.8. The Morgan fingerprint density at radius 2 is 1.61 bits per heavy atom. The molecule has 0 radical (unpaired) electrons. The van der Waals surface area contributed by atoms with Gasteiger partial charge in [0.25, 0.3) is 0 Å². The van der Waals surface area contributed by atoms with Gasteiger partial charge < -0.3 is 4.74 Å². The van der Waals surface area contributed by atoms with Gasteiger partial charge >= 0.3 is 16.3 Å². The molecule has 2 aromatic carbocycles. The Morgan fingerprint density at radius 3 is 2.13 bits per heavy atom. The van der Waals surface area contributed by atoms with Crippen molar-refractivity contribution in [2.45, 2.75) is 4.90 Å². The highest BCUT2D eigenvalue weighted by Crippen LogP contribution is 2.36. The fraction of sp³-hybridized carbons (Fsp3) is 0. The van der Waals surface area contributed by atoms with Crippen LogP contribution in [0.3, 0.4) is 0 Å². The van der Waals surface area contributed by atoms with Crippen molar-refractivity contribution in [1.29, 1.82) is 0 Å². The normalized spacial score (nSPS) is 11.1. The zero-order valence-electron chi connectivity index (χ0n) is 11.0. The average molecular weight is 399 g/mol. The lowest BCUT2D eigenvalue weighted by molar-refractivity contribution is 0.215. The number of nitrogens with one attached hydrogen (secondary N) is 1. The van der Waals surface area contributed by atoms with E-state index in [0.717, 1.165) is 12.1 Å². The number of rotatable bonds is 3. The number of halogens is 4. The van der Waals surface area contributed by atoms with Crippen LogP contribution in [0.5, 0.6) is 5.75 Å². The van der Waals surface area contributed by atoms with Crippen molar-refractivity contribution in [3.05, 3.63) is 51.5 Å². The molecule has 0 unspecified atom stereocenters. The van der Waals surface area contributed by atoms with E-state index in [4.69, 9.17) is 39.5 Å². The van der Waals surface area contributed by atoms with Gasteiger partial charge in [-0.2, -0.15) is 8.42 Å². The zero-order valence-corrected chi connectivity index (χ0v) is 14.1. The molecule has 0 aliphatic heterocycles. The Labute approximate surface area is 146 Å². The summed E-state index contributed by atoms with van der Waals surface area (Å²) in [7, 11) is -4.99. The van der Waals surface area contributed by atoms with E-state index in [-0.39, 0.29) is 26.5 Å². The molecule has 1 N–H and O–H groups in total. The third-order valence-electron chi connectivity index (χ3n) is 2.56. The molecule has 2 aromatic rings. The molecule has 0 saturated carbocycles. The Hall–Kier alpha value is -1.54. The van der Waals surface area contributed by atoms with E-state index in [9.17, 15) is 17.1 Å². The number of benzene rings is 2. The maximum absolute atomic E-state index is 12.9. The lowest BCUT2D eigenvalue weighted by atomic mass is 10.3. The zero-order chi connectivity index (χ0) is 17.2. The second-order valence-corrected chi connectivity index (χ2v) is 6.72. The monoisotopic (exact) mass is 397 g/mol. The van der Waals surface area contributed by atoms with Gasteiger partial charge in [0.1, 0.15) is 4.90 Å². The second kappa shape index (κ2) is 6.92. The van der Waals surface area contributed by atoms with Crippen molar-refractivity contribution < 1.29 is 21.8 Å². The summed E-state index contributed by atoms with van der Waals surface area (Å²) in [6.45, 7) is 0. The molecule has 0 aliphatic carbocycles. The van der Waals surface area contributed by atoms with Crippen LogP contribution < -0.4 is 10.1 Å². The minimum Gasteiger partial charge on any atom is -0.407 e. The fourth-order valence-electron chi connectivity index (χ4n) is 1.57. The first-order valence-electron chi connectivity index (χ1n) is 5.85. The van der Waals surface area contributed by atoms with Crippen molar-refractivity contribution in [2.24, 2.45) is 0 Å². The highest BCUT2D eigenvalue weighted by atomic mass is 35.5. The number of anilines is 1. The summed E-state index contributed by atoms with van der Waals surface area (Å²) in [5, 5.41) is 1.94. The summed E-state index contributed by atoms with van der Waals surface area (Å²) < 4.78 is 39.5. The number of carbonyl (C=O) groups excluding carboxylic acids is 1. The summed E-state index contributed by atoms with van der Waals surface area (Å²) >= 11 is 17.4. The fourth-order valence-corrected chi connectivity index (χ4v) is 2.96. The maximum atomic E-state index is 12.9. The maximum Gasteiger partial charge on any atom is 0.417 e. The average Bonchev–Trinajstić information content (AvgIpc) is 2.44. The van der Waals surface area contributed by atoms with E-state index >= 15 is 0 Å². The summed E-state index contributed by atoms with van der Waals surface area (Å²) in [4.78, 5) is 11.1. The Balaban J connectivity index is 2.24. The molecular weight excluding hydrogens is 392 g/mol. The molecule has 0 atom stereocenters. The van der Waals surface area contributed by atoms with E-state index in [2.05, 4.69) is 5.32 Å². The molecule has 23 heavy (non-hydrogen) atoms. The topological polar surface area (TPSA) is 72.5 Å². The number of para-hydroxylation sites is 1. The summed E-state index contributed by atoms with van der Waals surface area (Å²) in [6.07, 6.45) is -0.960. The van der Waals surface area contributed by atoms with Crippen molar-refractivity contribution in [3.63, 3.8) is 0 Å². The standard InChI is InChI=1S/C13H7Cl3FNO4S/c14-8-3-1-2-4-11(8)18-13(19)22-12-9(15)5-7(6-10(12)16)23(17,20)21/h1-6H,(H,18,19). The van der Waals surface area contributed by atoms with E-state index in [1.54, 1.807) is 18.2 Å². The Kier molecular flexibility index (Phi) is 5.36. The first-order chi connectivity index (χ1) is 10.7. The molecule has 122 valence electrons. The molecule has 0 heterocycles. The largest absolute Gasteiger partial charge is 0.417 e. The molecule has 10 heteroatoms. The van der Waals surface area contributed by atoms with Crippen LogP contribution in [0, 0.1) is 0 Å². The van der Waals surface area contributed by atoms with E-state index in [1.807, 2.05) is 0 Å². The van der Waals surface area contributed by atoms with Crippen LogP contribution in [0.4, 0.5) is 14.4 Å². The highest BCUT2D eigenvalue weighted by molar-refractivity contribution is 7.86. The van der Waals surface area contributed by atoms with Crippen LogP contribution >= 0.6 is 34.8 Å². The van der Waals surface area contributed by atoms with Gasteiger partial charge in [0.15, 0.2) is 5.75 Å².